The summed E-state index contributed by atoms with van der Waals surface area (Å²) in [6, 6.07) is 0. The van der Waals surface area contributed by atoms with Crippen LogP contribution in [0.15, 0.2) is 0 Å². The van der Waals surface area contributed by atoms with Crippen LogP contribution in [-0.2, 0) is 4.79 Å². The van der Waals surface area contributed by atoms with Crippen LogP contribution in [-0.4, -0.2) is 48.4 Å². The Balaban J connectivity index is 0.00000172. The third kappa shape index (κ3) is 8.57. The number of hydrogen-bond acceptors (Lipinski definition) is 2. The van der Waals surface area contributed by atoms with Crippen molar-refractivity contribution in [2.45, 2.75) is 66.7 Å². The van der Waals surface area contributed by atoms with E-state index in [0.717, 1.165) is 44.9 Å². The smallest absolute Gasteiger partial charge is 0.222 e. The molecule has 0 aromatic carbocycles. The molecule has 1 fully saturated rings. The molecular formula is C17H36N2O. The highest BCUT2D eigenvalue weighted by atomic mass is 16.2. The predicted octanol–water partition coefficient (Wildman–Crippen LogP) is 3.78. The van der Waals surface area contributed by atoms with Gasteiger partial charge in [-0.1, -0.05) is 53.9 Å². The summed E-state index contributed by atoms with van der Waals surface area (Å²) in [6.07, 6.45) is 5.52. The van der Waals surface area contributed by atoms with E-state index >= 15 is 0 Å². The Morgan fingerprint density at radius 3 is 2.10 bits per heavy atom. The molecule has 0 saturated carbocycles. The molecular weight excluding hydrogens is 248 g/mol. The third-order valence-corrected chi connectivity index (χ3v) is 3.59. The Bertz CT molecular complexity index is 233. The Morgan fingerprint density at radius 1 is 1.00 bits per heavy atom. The molecule has 0 unspecified atom stereocenters. The fourth-order valence-corrected chi connectivity index (χ4v) is 2.56. The number of unbranched alkanes of at least 4 members (excludes halogenated alkanes) is 3. The minimum Gasteiger partial charge on any atom is -0.340 e. The molecule has 1 aliphatic rings. The van der Waals surface area contributed by atoms with Crippen molar-refractivity contribution in [1.29, 1.82) is 0 Å². The van der Waals surface area contributed by atoms with Crippen molar-refractivity contribution in [2.24, 2.45) is 5.92 Å². The van der Waals surface area contributed by atoms with Gasteiger partial charge in [0.25, 0.3) is 0 Å². The van der Waals surface area contributed by atoms with E-state index < -0.39 is 0 Å². The molecule has 0 bridgehead atoms. The monoisotopic (exact) mass is 284 g/mol. The van der Waals surface area contributed by atoms with Gasteiger partial charge in [0.05, 0.1) is 0 Å². The van der Waals surface area contributed by atoms with Crippen molar-refractivity contribution in [2.75, 3.05) is 32.7 Å². The van der Waals surface area contributed by atoms with Gasteiger partial charge < -0.3 is 4.90 Å². The summed E-state index contributed by atoms with van der Waals surface area (Å²) in [6.45, 7) is 15.8. The third-order valence-electron chi connectivity index (χ3n) is 3.59. The minimum atomic E-state index is 0.371. The van der Waals surface area contributed by atoms with Gasteiger partial charge in [-0.15, -0.1) is 0 Å². The standard InChI is InChI=1S/C15H30N2O.C2H6/c1-4-5-6-7-8-15(18)17-11-9-16(10-12-17)13-14(2)3;1-2/h14H,4-13H2,1-3H3;1-2H3. The van der Waals surface area contributed by atoms with Crippen LogP contribution in [0.5, 0.6) is 0 Å². The van der Waals surface area contributed by atoms with E-state index in [4.69, 9.17) is 0 Å². The number of carbonyl (C=O) groups excluding carboxylic acids is 1. The average molecular weight is 284 g/mol. The normalized spacial score (nSPS) is 16.0. The Morgan fingerprint density at radius 2 is 1.60 bits per heavy atom. The second-order valence-corrected chi connectivity index (χ2v) is 5.89. The number of hydrogen-bond donors (Lipinski definition) is 0. The molecule has 0 radical (unpaired) electrons. The van der Waals surface area contributed by atoms with Crippen molar-refractivity contribution in [1.82, 2.24) is 9.80 Å². The molecule has 1 saturated heterocycles. The summed E-state index contributed by atoms with van der Waals surface area (Å²) in [5.41, 5.74) is 0. The largest absolute Gasteiger partial charge is 0.340 e. The molecule has 1 aliphatic heterocycles. The molecule has 3 nitrogen and oxygen atoms in total. The molecule has 1 heterocycles. The molecule has 0 aromatic heterocycles. The summed E-state index contributed by atoms with van der Waals surface area (Å²) >= 11 is 0. The Kier molecular flexibility index (Phi) is 11.8. The Labute approximate surface area is 126 Å². The molecule has 120 valence electrons. The minimum absolute atomic E-state index is 0.371. The first-order valence-electron chi connectivity index (χ1n) is 8.63. The van der Waals surface area contributed by atoms with Crippen LogP contribution in [0.1, 0.15) is 66.7 Å². The highest BCUT2D eigenvalue weighted by molar-refractivity contribution is 5.76. The van der Waals surface area contributed by atoms with Crippen molar-refractivity contribution < 1.29 is 4.79 Å². The fourth-order valence-electron chi connectivity index (χ4n) is 2.56. The van der Waals surface area contributed by atoms with E-state index in [1.807, 2.05) is 13.8 Å². The van der Waals surface area contributed by atoms with Crippen LogP contribution in [0.2, 0.25) is 0 Å². The van der Waals surface area contributed by atoms with Crippen LogP contribution in [0.25, 0.3) is 0 Å². The lowest BCUT2D eigenvalue weighted by Crippen LogP contribution is -2.49. The van der Waals surface area contributed by atoms with Gasteiger partial charge in [0, 0.05) is 39.1 Å². The zero-order valence-corrected chi connectivity index (χ0v) is 14.5. The fraction of sp³-hybridized carbons (Fsp3) is 0.941. The van der Waals surface area contributed by atoms with E-state index in [9.17, 15) is 4.79 Å². The van der Waals surface area contributed by atoms with Gasteiger partial charge in [0.15, 0.2) is 0 Å². The van der Waals surface area contributed by atoms with Crippen LogP contribution in [0.3, 0.4) is 0 Å². The number of amides is 1. The van der Waals surface area contributed by atoms with Gasteiger partial charge in [-0.05, 0) is 12.3 Å². The highest BCUT2D eigenvalue weighted by Crippen LogP contribution is 2.09. The van der Waals surface area contributed by atoms with Crippen LogP contribution in [0.4, 0.5) is 0 Å². The molecule has 1 amide bonds. The second kappa shape index (κ2) is 12.2. The van der Waals surface area contributed by atoms with Crippen molar-refractivity contribution in [3.8, 4) is 0 Å². The zero-order chi connectivity index (χ0) is 15.4. The molecule has 0 spiro atoms. The quantitative estimate of drug-likeness (QED) is 0.664. The molecule has 0 aliphatic carbocycles. The summed E-state index contributed by atoms with van der Waals surface area (Å²) in [7, 11) is 0. The lowest BCUT2D eigenvalue weighted by molar-refractivity contribution is -0.133. The number of rotatable bonds is 7. The van der Waals surface area contributed by atoms with Gasteiger partial charge >= 0.3 is 0 Å². The maximum atomic E-state index is 12.0. The van der Waals surface area contributed by atoms with E-state index in [2.05, 4.69) is 30.6 Å². The van der Waals surface area contributed by atoms with E-state index in [0.29, 0.717) is 5.91 Å². The molecule has 0 atom stereocenters. The first-order valence-corrected chi connectivity index (χ1v) is 8.63. The van der Waals surface area contributed by atoms with Gasteiger partial charge in [-0.3, -0.25) is 9.69 Å². The van der Waals surface area contributed by atoms with Gasteiger partial charge in [0.2, 0.25) is 5.91 Å². The maximum absolute atomic E-state index is 12.0. The average Bonchev–Trinajstić information content (AvgIpc) is 2.46. The molecule has 1 rings (SSSR count). The summed E-state index contributed by atoms with van der Waals surface area (Å²) in [4.78, 5) is 16.5. The van der Waals surface area contributed by atoms with Crippen LogP contribution >= 0.6 is 0 Å². The van der Waals surface area contributed by atoms with Crippen LogP contribution < -0.4 is 0 Å². The molecule has 3 heteroatoms. The van der Waals surface area contributed by atoms with Crippen molar-refractivity contribution in [3.05, 3.63) is 0 Å². The number of piperazine rings is 1. The first-order chi connectivity index (χ1) is 9.63. The van der Waals surface area contributed by atoms with Crippen molar-refractivity contribution >= 4 is 5.91 Å². The summed E-state index contributed by atoms with van der Waals surface area (Å²) < 4.78 is 0. The molecule has 0 N–H and O–H groups in total. The van der Waals surface area contributed by atoms with Gasteiger partial charge in [-0.25, -0.2) is 0 Å². The predicted molar refractivity (Wildman–Crippen MR) is 88.0 cm³/mol. The summed E-state index contributed by atoms with van der Waals surface area (Å²) in [5, 5.41) is 0. The Hall–Kier alpha value is -0.570. The van der Waals surface area contributed by atoms with Gasteiger partial charge in [-0.2, -0.15) is 0 Å². The van der Waals surface area contributed by atoms with E-state index in [1.165, 1.54) is 25.8 Å². The number of carbonyl (C=O) groups is 1. The SMILES string of the molecule is CC.CCCCCCC(=O)N1CCN(CC(C)C)CC1. The molecule has 0 aromatic rings. The van der Waals surface area contributed by atoms with Crippen molar-refractivity contribution in [3.63, 3.8) is 0 Å². The second-order valence-electron chi connectivity index (χ2n) is 5.89. The lowest BCUT2D eigenvalue weighted by Gasteiger charge is -2.35. The number of nitrogens with zero attached hydrogens (tertiary/aromatic N) is 2. The summed E-state index contributed by atoms with van der Waals surface area (Å²) in [5.74, 6) is 1.09. The zero-order valence-electron chi connectivity index (χ0n) is 14.5. The van der Waals surface area contributed by atoms with E-state index in [-0.39, 0.29) is 0 Å². The van der Waals surface area contributed by atoms with E-state index in [1.54, 1.807) is 0 Å². The maximum Gasteiger partial charge on any atom is 0.222 e. The lowest BCUT2D eigenvalue weighted by atomic mass is 10.1. The van der Waals surface area contributed by atoms with Crippen LogP contribution in [0, 0.1) is 5.92 Å². The first kappa shape index (κ1) is 19.4. The highest BCUT2D eigenvalue weighted by Gasteiger charge is 2.20. The topological polar surface area (TPSA) is 23.6 Å². The van der Waals surface area contributed by atoms with Gasteiger partial charge in [0.1, 0.15) is 0 Å². The molecule has 20 heavy (non-hydrogen) atoms.